The maximum Gasteiger partial charge on any atom is 0.0625 e. The molecule has 0 aliphatic heterocycles. The summed E-state index contributed by atoms with van der Waals surface area (Å²) in [4.78, 5) is 0. The molecule has 0 atom stereocenters. The molecule has 0 fully saturated rings. The molecule has 0 aliphatic carbocycles. The van der Waals surface area contributed by atoms with Gasteiger partial charge in [-0.15, -0.1) is 0 Å². The molecule has 1 aromatic rings. The van der Waals surface area contributed by atoms with Crippen molar-refractivity contribution in [2.24, 2.45) is 0 Å². The molecule has 0 heterocycles. The first kappa shape index (κ1) is 11.5. The summed E-state index contributed by atoms with van der Waals surface area (Å²) < 4.78 is 0. The minimum atomic E-state index is 0.702. The van der Waals surface area contributed by atoms with Crippen LogP contribution in [0.2, 0.25) is 0 Å². The van der Waals surface area contributed by atoms with E-state index in [-0.39, 0.29) is 0 Å². The van der Waals surface area contributed by atoms with Crippen LogP contribution < -0.4 is 22.1 Å². The normalized spacial score (nSPS) is 10.1. The van der Waals surface area contributed by atoms with Crippen LogP contribution in [0.15, 0.2) is 6.07 Å². The Labute approximate surface area is 91.0 Å². The van der Waals surface area contributed by atoms with Crippen LogP contribution in [-0.4, -0.2) is 13.1 Å². The van der Waals surface area contributed by atoms with Gasteiger partial charge in [-0.25, -0.2) is 0 Å². The molecule has 4 nitrogen and oxygen atoms in total. The smallest absolute Gasteiger partial charge is 0.0625 e. The third kappa shape index (κ3) is 2.26. The van der Waals surface area contributed by atoms with Gasteiger partial charge in [-0.2, -0.15) is 0 Å². The minimum absolute atomic E-state index is 0.702. The second-order valence-corrected chi connectivity index (χ2v) is 3.49. The molecule has 84 valence electrons. The van der Waals surface area contributed by atoms with E-state index >= 15 is 0 Å². The largest absolute Gasteiger partial charge is 0.397 e. The Morgan fingerprint density at radius 1 is 1.00 bits per heavy atom. The zero-order valence-electron chi connectivity index (χ0n) is 9.65. The van der Waals surface area contributed by atoms with Crippen LogP contribution in [0.1, 0.15) is 19.4 Å². The highest BCUT2D eigenvalue weighted by atomic mass is 14.9. The van der Waals surface area contributed by atoms with E-state index in [0.29, 0.717) is 11.4 Å². The average Bonchev–Trinajstić information content (AvgIpc) is 2.19. The van der Waals surface area contributed by atoms with E-state index in [1.54, 1.807) is 6.07 Å². The van der Waals surface area contributed by atoms with E-state index < -0.39 is 0 Å². The van der Waals surface area contributed by atoms with Crippen LogP contribution in [-0.2, 0) is 0 Å². The Hall–Kier alpha value is -1.58. The summed E-state index contributed by atoms with van der Waals surface area (Å²) in [6, 6.07) is 1.79. The monoisotopic (exact) mass is 208 g/mol. The van der Waals surface area contributed by atoms with Crippen molar-refractivity contribution in [2.75, 3.05) is 35.2 Å². The quantitative estimate of drug-likeness (QED) is 0.571. The molecule has 6 N–H and O–H groups in total. The highest BCUT2D eigenvalue weighted by Crippen LogP contribution is 2.34. The summed E-state index contributed by atoms with van der Waals surface area (Å²) in [5.74, 6) is 0. The van der Waals surface area contributed by atoms with Gasteiger partial charge in [0.25, 0.3) is 0 Å². The van der Waals surface area contributed by atoms with Crippen molar-refractivity contribution < 1.29 is 0 Å². The average molecular weight is 208 g/mol. The number of nitrogens with one attached hydrogen (secondary N) is 2. The Morgan fingerprint density at radius 3 is 1.73 bits per heavy atom. The topological polar surface area (TPSA) is 76.1 Å². The lowest BCUT2D eigenvalue weighted by atomic mass is 10.1. The standard InChI is InChI=1S/C11H20N4/c1-4-14-10-7(3)11(15-5-2)9(13)6-8(10)12/h6,14-15H,4-5,12-13H2,1-3H3. The van der Waals surface area contributed by atoms with E-state index in [4.69, 9.17) is 11.5 Å². The second-order valence-electron chi connectivity index (χ2n) is 3.49. The molecule has 0 aromatic heterocycles. The van der Waals surface area contributed by atoms with E-state index in [9.17, 15) is 0 Å². The van der Waals surface area contributed by atoms with Crippen molar-refractivity contribution in [1.29, 1.82) is 0 Å². The van der Waals surface area contributed by atoms with Gasteiger partial charge < -0.3 is 22.1 Å². The van der Waals surface area contributed by atoms with Crippen molar-refractivity contribution in [3.8, 4) is 0 Å². The maximum absolute atomic E-state index is 5.90. The Kier molecular flexibility index (Phi) is 3.66. The first-order chi connectivity index (χ1) is 7.11. The van der Waals surface area contributed by atoms with Crippen molar-refractivity contribution in [2.45, 2.75) is 20.8 Å². The number of rotatable bonds is 4. The van der Waals surface area contributed by atoms with E-state index in [0.717, 1.165) is 30.0 Å². The lowest BCUT2D eigenvalue weighted by Gasteiger charge is -2.17. The SMILES string of the molecule is CCNc1c(N)cc(N)c(NCC)c1C. The maximum atomic E-state index is 5.90. The molecule has 0 bridgehead atoms. The molecular weight excluding hydrogens is 188 g/mol. The van der Waals surface area contributed by atoms with Gasteiger partial charge in [-0.05, 0) is 32.4 Å². The van der Waals surface area contributed by atoms with Crippen LogP contribution in [0.25, 0.3) is 0 Å². The number of benzene rings is 1. The molecule has 0 saturated carbocycles. The fourth-order valence-corrected chi connectivity index (χ4v) is 1.69. The first-order valence-electron chi connectivity index (χ1n) is 5.28. The molecule has 0 amide bonds. The highest BCUT2D eigenvalue weighted by molar-refractivity contribution is 5.85. The molecule has 15 heavy (non-hydrogen) atoms. The zero-order chi connectivity index (χ0) is 11.4. The van der Waals surface area contributed by atoms with Gasteiger partial charge >= 0.3 is 0 Å². The molecule has 4 heteroatoms. The van der Waals surface area contributed by atoms with Crippen LogP contribution in [0.4, 0.5) is 22.7 Å². The van der Waals surface area contributed by atoms with Gasteiger partial charge in [0.05, 0.1) is 22.7 Å². The molecule has 0 saturated heterocycles. The van der Waals surface area contributed by atoms with Gasteiger partial charge in [-0.3, -0.25) is 0 Å². The second kappa shape index (κ2) is 4.77. The fraction of sp³-hybridized carbons (Fsp3) is 0.455. The van der Waals surface area contributed by atoms with E-state index in [1.165, 1.54) is 0 Å². The predicted octanol–water partition coefficient (Wildman–Crippen LogP) is 2.02. The Balaban J connectivity index is 3.22. The van der Waals surface area contributed by atoms with Gasteiger partial charge in [0.2, 0.25) is 0 Å². The lowest BCUT2D eigenvalue weighted by molar-refractivity contribution is 1.18. The van der Waals surface area contributed by atoms with E-state index in [2.05, 4.69) is 10.6 Å². The summed E-state index contributed by atoms with van der Waals surface area (Å²) in [6.45, 7) is 7.80. The van der Waals surface area contributed by atoms with Crippen LogP contribution in [0, 0.1) is 6.92 Å². The molecule has 0 aliphatic rings. The molecular formula is C11H20N4. The fourth-order valence-electron chi connectivity index (χ4n) is 1.69. The van der Waals surface area contributed by atoms with Gasteiger partial charge in [0.15, 0.2) is 0 Å². The number of nitrogen functional groups attached to an aromatic ring is 2. The molecule has 0 radical (unpaired) electrons. The van der Waals surface area contributed by atoms with Gasteiger partial charge in [0, 0.05) is 13.1 Å². The third-order valence-electron chi connectivity index (χ3n) is 2.35. The first-order valence-corrected chi connectivity index (χ1v) is 5.28. The lowest BCUT2D eigenvalue weighted by Crippen LogP contribution is -2.09. The Bertz CT molecular complexity index is 317. The number of nitrogens with two attached hydrogens (primary N) is 2. The van der Waals surface area contributed by atoms with Crippen LogP contribution in [0.5, 0.6) is 0 Å². The molecule has 0 spiro atoms. The third-order valence-corrected chi connectivity index (χ3v) is 2.35. The summed E-state index contributed by atoms with van der Waals surface area (Å²) in [6.07, 6.45) is 0. The number of hydrogen-bond acceptors (Lipinski definition) is 4. The molecule has 1 rings (SSSR count). The highest BCUT2D eigenvalue weighted by Gasteiger charge is 2.10. The van der Waals surface area contributed by atoms with Crippen molar-refractivity contribution in [1.82, 2.24) is 0 Å². The number of hydrogen-bond donors (Lipinski definition) is 4. The van der Waals surface area contributed by atoms with Crippen molar-refractivity contribution in [3.63, 3.8) is 0 Å². The summed E-state index contributed by atoms with van der Waals surface area (Å²) in [5.41, 5.74) is 16.2. The Morgan fingerprint density at radius 2 is 1.40 bits per heavy atom. The summed E-state index contributed by atoms with van der Waals surface area (Å²) >= 11 is 0. The summed E-state index contributed by atoms with van der Waals surface area (Å²) in [7, 11) is 0. The van der Waals surface area contributed by atoms with Crippen molar-refractivity contribution >= 4 is 22.7 Å². The zero-order valence-corrected chi connectivity index (χ0v) is 9.65. The van der Waals surface area contributed by atoms with Gasteiger partial charge in [0.1, 0.15) is 0 Å². The summed E-state index contributed by atoms with van der Waals surface area (Å²) in [5, 5.41) is 6.50. The minimum Gasteiger partial charge on any atom is -0.397 e. The van der Waals surface area contributed by atoms with Crippen LogP contribution >= 0.6 is 0 Å². The van der Waals surface area contributed by atoms with E-state index in [1.807, 2.05) is 20.8 Å². The van der Waals surface area contributed by atoms with Crippen molar-refractivity contribution in [3.05, 3.63) is 11.6 Å². The molecule has 1 aromatic carbocycles. The van der Waals surface area contributed by atoms with Gasteiger partial charge in [-0.1, -0.05) is 0 Å². The molecule has 0 unspecified atom stereocenters. The number of anilines is 4. The predicted molar refractivity (Wildman–Crippen MR) is 68.3 cm³/mol. The van der Waals surface area contributed by atoms with Crippen LogP contribution in [0.3, 0.4) is 0 Å².